The molecule has 1 aromatic heterocycles. The van der Waals surface area contributed by atoms with Gasteiger partial charge in [-0.3, -0.25) is 9.78 Å². The first-order chi connectivity index (χ1) is 13.7. The molecule has 2 aromatic carbocycles. The van der Waals surface area contributed by atoms with Crippen LogP contribution >= 0.6 is 0 Å². The Morgan fingerprint density at radius 2 is 1.83 bits per heavy atom. The van der Waals surface area contributed by atoms with E-state index in [1.165, 1.54) is 5.56 Å². The molecule has 0 saturated heterocycles. The van der Waals surface area contributed by atoms with E-state index in [-0.39, 0.29) is 11.3 Å². The van der Waals surface area contributed by atoms with Crippen LogP contribution in [0.15, 0.2) is 54.7 Å². The van der Waals surface area contributed by atoms with E-state index in [0.29, 0.717) is 13.1 Å². The summed E-state index contributed by atoms with van der Waals surface area (Å²) in [6, 6.07) is 16.4. The van der Waals surface area contributed by atoms with Gasteiger partial charge in [-0.1, -0.05) is 45.0 Å². The first-order valence-electron chi connectivity index (χ1n) is 9.89. The highest BCUT2D eigenvalue weighted by Crippen LogP contribution is 2.32. The van der Waals surface area contributed by atoms with Crippen LogP contribution in [0, 0.1) is 0 Å². The van der Waals surface area contributed by atoms with E-state index < -0.39 is 0 Å². The monoisotopic (exact) mass is 390 g/mol. The second kappa shape index (κ2) is 8.62. The fourth-order valence-electron chi connectivity index (χ4n) is 3.40. The third-order valence-corrected chi connectivity index (χ3v) is 4.78. The van der Waals surface area contributed by atoms with Crippen LogP contribution in [0.25, 0.3) is 10.9 Å². The molecule has 0 aliphatic heterocycles. The SMILES string of the molecule is CN(C)CC(=O)Nc1cc(NCc2ccnc3ccccc23)ccc1C(C)(C)C. The van der Waals surface area contributed by atoms with Crippen molar-refractivity contribution in [1.29, 1.82) is 0 Å². The molecule has 0 unspecified atom stereocenters. The van der Waals surface area contributed by atoms with Crippen LogP contribution in [0.5, 0.6) is 0 Å². The van der Waals surface area contributed by atoms with Gasteiger partial charge >= 0.3 is 0 Å². The molecule has 1 amide bonds. The Morgan fingerprint density at radius 1 is 1.07 bits per heavy atom. The average Bonchev–Trinajstić information content (AvgIpc) is 2.64. The minimum absolute atomic E-state index is 0.0159. The van der Waals surface area contributed by atoms with Crippen molar-refractivity contribution in [3.8, 4) is 0 Å². The smallest absolute Gasteiger partial charge is 0.238 e. The van der Waals surface area contributed by atoms with Crippen molar-refractivity contribution in [2.45, 2.75) is 32.7 Å². The zero-order valence-electron chi connectivity index (χ0n) is 17.9. The zero-order valence-corrected chi connectivity index (χ0v) is 17.9. The molecule has 0 fully saturated rings. The van der Waals surface area contributed by atoms with Gasteiger partial charge in [0.15, 0.2) is 0 Å². The molecule has 0 atom stereocenters. The summed E-state index contributed by atoms with van der Waals surface area (Å²) in [4.78, 5) is 18.6. The average molecular weight is 391 g/mol. The topological polar surface area (TPSA) is 57.3 Å². The van der Waals surface area contributed by atoms with Gasteiger partial charge < -0.3 is 15.5 Å². The molecule has 0 spiro atoms. The Bertz CT molecular complexity index is 1000. The highest BCUT2D eigenvalue weighted by molar-refractivity contribution is 5.93. The summed E-state index contributed by atoms with van der Waals surface area (Å²) in [6.45, 7) is 7.49. The van der Waals surface area contributed by atoms with Gasteiger partial charge in [0.1, 0.15) is 0 Å². The van der Waals surface area contributed by atoms with Crippen molar-refractivity contribution in [3.63, 3.8) is 0 Å². The summed E-state index contributed by atoms with van der Waals surface area (Å²) in [6.07, 6.45) is 1.84. The largest absolute Gasteiger partial charge is 0.381 e. The number of rotatable bonds is 6. The van der Waals surface area contributed by atoms with Crippen molar-refractivity contribution >= 4 is 28.2 Å². The zero-order chi connectivity index (χ0) is 21.0. The van der Waals surface area contributed by atoms with Gasteiger partial charge in [0, 0.05) is 29.5 Å². The molecule has 0 aliphatic carbocycles. The first-order valence-corrected chi connectivity index (χ1v) is 9.89. The van der Waals surface area contributed by atoms with Crippen LogP contribution in [-0.2, 0) is 16.8 Å². The number of carbonyl (C=O) groups is 1. The highest BCUT2D eigenvalue weighted by Gasteiger charge is 2.19. The van der Waals surface area contributed by atoms with Gasteiger partial charge in [-0.25, -0.2) is 0 Å². The van der Waals surface area contributed by atoms with E-state index in [1.807, 2.05) is 55.5 Å². The summed E-state index contributed by atoms with van der Waals surface area (Å²) in [5.41, 5.74) is 5.05. The molecular weight excluding hydrogens is 360 g/mol. The Morgan fingerprint density at radius 3 is 2.55 bits per heavy atom. The predicted molar refractivity (Wildman–Crippen MR) is 121 cm³/mol. The summed E-state index contributed by atoms with van der Waals surface area (Å²) >= 11 is 0. The molecule has 152 valence electrons. The molecule has 0 saturated carbocycles. The van der Waals surface area contributed by atoms with E-state index in [0.717, 1.165) is 27.8 Å². The number of hydrogen-bond acceptors (Lipinski definition) is 4. The number of pyridine rings is 1. The normalized spacial score (nSPS) is 11.7. The molecule has 29 heavy (non-hydrogen) atoms. The van der Waals surface area contributed by atoms with Crippen LogP contribution in [0.3, 0.4) is 0 Å². The number of amides is 1. The maximum atomic E-state index is 12.4. The van der Waals surface area contributed by atoms with E-state index in [2.05, 4.69) is 54.6 Å². The summed E-state index contributed by atoms with van der Waals surface area (Å²) in [7, 11) is 3.78. The molecule has 5 heteroatoms. The summed E-state index contributed by atoms with van der Waals surface area (Å²) in [5.74, 6) is -0.0159. The van der Waals surface area contributed by atoms with Crippen LogP contribution in [0.4, 0.5) is 11.4 Å². The Kier molecular flexibility index (Phi) is 6.18. The number of nitrogens with zero attached hydrogens (tertiary/aromatic N) is 2. The molecule has 0 bridgehead atoms. The maximum Gasteiger partial charge on any atom is 0.238 e. The molecule has 0 aliphatic rings. The third-order valence-electron chi connectivity index (χ3n) is 4.78. The number of anilines is 2. The summed E-state index contributed by atoms with van der Waals surface area (Å²) in [5, 5.41) is 7.73. The molecule has 0 radical (unpaired) electrons. The standard InChI is InChI=1S/C24H30N4O/c1-24(2,3)20-11-10-18(14-22(20)27-23(29)16-28(4)5)26-15-17-12-13-25-21-9-7-6-8-19(17)21/h6-14,26H,15-16H2,1-5H3,(H,27,29). The number of nitrogens with one attached hydrogen (secondary N) is 2. The lowest BCUT2D eigenvalue weighted by Gasteiger charge is -2.24. The van der Waals surface area contributed by atoms with Crippen LogP contribution in [-0.4, -0.2) is 36.4 Å². The third kappa shape index (κ3) is 5.33. The second-order valence-electron chi connectivity index (χ2n) is 8.64. The van der Waals surface area contributed by atoms with Gasteiger partial charge in [-0.15, -0.1) is 0 Å². The molecule has 3 rings (SSSR count). The number of aromatic nitrogens is 1. The first kappa shape index (κ1) is 20.8. The van der Waals surface area contributed by atoms with Gasteiger partial charge in [0.2, 0.25) is 5.91 Å². The second-order valence-corrected chi connectivity index (χ2v) is 8.64. The fraction of sp³-hybridized carbons (Fsp3) is 0.333. The van der Waals surface area contributed by atoms with E-state index in [4.69, 9.17) is 0 Å². The molecule has 2 N–H and O–H groups in total. The quantitative estimate of drug-likeness (QED) is 0.643. The van der Waals surface area contributed by atoms with Crippen LogP contribution in [0.2, 0.25) is 0 Å². The van der Waals surface area contributed by atoms with E-state index in [9.17, 15) is 4.79 Å². The lowest BCUT2D eigenvalue weighted by atomic mass is 9.85. The van der Waals surface area contributed by atoms with E-state index >= 15 is 0 Å². The number of likely N-dealkylation sites (N-methyl/N-ethyl adjacent to an activating group) is 1. The number of carbonyl (C=O) groups excluding carboxylic acids is 1. The van der Waals surface area contributed by atoms with Crippen LogP contribution < -0.4 is 10.6 Å². The minimum Gasteiger partial charge on any atom is -0.381 e. The maximum absolute atomic E-state index is 12.4. The van der Waals surface area contributed by atoms with Gasteiger partial charge in [0.05, 0.1) is 12.1 Å². The molecular formula is C24H30N4O. The van der Waals surface area contributed by atoms with Crippen molar-refractivity contribution in [2.24, 2.45) is 0 Å². The number of fused-ring (bicyclic) bond motifs is 1. The lowest BCUT2D eigenvalue weighted by molar-refractivity contribution is -0.116. The van der Waals surface area contributed by atoms with Crippen molar-refractivity contribution in [1.82, 2.24) is 9.88 Å². The van der Waals surface area contributed by atoms with Crippen molar-refractivity contribution < 1.29 is 4.79 Å². The lowest BCUT2D eigenvalue weighted by Crippen LogP contribution is -2.28. The van der Waals surface area contributed by atoms with Crippen LogP contribution in [0.1, 0.15) is 31.9 Å². The molecule has 1 heterocycles. The molecule has 3 aromatic rings. The summed E-state index contributed by atoms with van der Waals surface area (Å²) < 4.78 is 0. The fourth-order valence-corrected chi connectivity index (χ4v) is 3.40. The molecule has 5 nitrogen and oxygen atoms in total. The predicted octanol–water partition coefficient (Wildman–Crippen LogP) is 4.64. The van der Waals surface area contributed by atoms with Crippen molar-refractivity contribution in [2.75, 3.05) is 31.3 Å². The van der Waals surface area contributed by atoms with Gasteiger partial charge in [-0.2, -0.15) is 0 Å². The number of benzene rings is 2. The number of para-hydroxylation sites is 1. The number of hydrogen-bond donors (Lipinski definition) is 2. The Balaban J connectivity index is 1.84. The van der Waals surface area contributed by atoms with Gasteiger partial charge in [-0.05, 0) is 54.9 Å². The van der Waals surface area contributed by atoms with E-state index in [1.54, 1.807) is 0 Å². The minimum atomic E-state index is -0.0689. The Hall–Kier alpha value is -2.92. The van der Waals surface area contributed by atoms with Gasteiger partial charge in [0.25, 0.3) is 0 Å². The highest BCUT2D eigenvalue weighted by atomic mass is 16.2. The Labute approximate surface area is 173 Å². The van der Waals surface area contributed by atoms with Crippen molar-refractivity contribution in [3.05, 3.63) is 65.9 Å².